The molecule has 2 heterocycles. The molecule has 55 heavy (non-hydrogen) atoms. The van der Waals surface area contributed by atoms with Crippen molar-refractivity contribution in [3.05, 3.63) is 11.6 Å². The number of allylic oxidation sites excluding steroid dienone is 2. The lowest BCUT2D eigenvalue weighted by atomic mass is 9.33. The Kier molecular flexibility index (Phi) is 10.8. The van der Waals surface area contributed by atoms with Crippen LogP contribution in [0.1, 0.15) is 99.3 Å². The van der Waals surface area contributed by atoms with Gasteiger partial charge in [0.1, 0.15) is 42.7 Å². The highest BCUT2D eigenvalue weighted by molar-refractivity contribution is 5.79. The fraction of sp³-hybridized carbons (Fsp3) is 0.927. The number of esters is 1. The number of aliphatic hydroxyl groups is 9. The molecule has 0 aromatic carbocycles. The summed E-state index contributed by atoms with van der Waals surface area (Å²) in [6.07, 6.45) is -7.27. The Hall–Kier alpha value is -1.27. The molecule has 0 aromatic rings. The van der Waals surface area contributed by atoms with Gasteiger partial charge in [-0.25, -0.2) is 0 Å². The van der Waals surface area contributed by atoms with E-state index in [4.69, 9.17) is 18.9 Å². The van der Waals surface area contributed by atoms with Crippen molar-refractivity contribution in [3.8, 4) is 0 Å². The predicted octanol–water partition coefficient (Wildman–Crippen LogP) is 0.899. The fourth-order valence-corrected chi connectivity index (χ4v) is 13.2. The van der Waals surface area contributed by atoms with Crippen LogP contribution in [-0.2, 0) is 23.7 Å². The van der Waals surface area contributed by atoms with Crippen molar-refractivity contribution in [3.63, 3.8) is 0 Å². The summed E-state index contributed by atoms with van der Waals surface area (Å²) in [5.74, 6) is -0.509. The van der Waals surface area contributed by atoms with Gasteiger partial charge in [0.05, 0.1) is 37.4 Å². The molecule has 0 amide bonds. The smallest absolute Gasteiger partial charge is 0.315 e. The molecule has 9 N–H and O–H groups in total. The molecular weight excluding hydrogens is 716 g/mol. The largest absolute Gasteiger partial charge is 0.432 e. The van der Waals surface area contributed by atoms with Crippen molar-refractivity contribution in [2.24, 2.45) is 50.2 Å². The second kappa shape index (κ2) is 14.2. The number of carbonyl (C=O) groups is 1. The minimum absolute atomic E-state index is 0.0241. The van der Waals surface area contributed by atoms with E-state index >= 15 is 0 Å². The molecule has 14 nitrogen and oxygen atoms in total. The molecule has 7 aliphatic rings. The average Bonchev–Trinajstić information content (AvgIpc) is 3.13. The SMILES string of the molecule is CC1(C)CCC2(C(=O)OC3OC(COC4OCC(O)C(O)C4O)C(O)C(O)C3O)CCC3(C)C(=CCC4C5(C)CC(O)C(O)C(C)(CO)C5CCC43C)C2C1. The van der Waals surface area contributed by atoms with Gasteiger partial charge in [0.2, 0.25) is 6.29 Å². The van der Waals surface area contributed by atoms with E-state index in [-0.39, 0.29) is 52.6 Å². The maximum absolute atomic E-state index is 14.7. The van der Waals surface area contributed by atoms with Crippen LogP contribution in [0.15, 0.2) is 11.6 Å². The highest BCUT2D eigenvalue weighted by Crippen LogP contribution is 2.76. The normalized spacial score (nSPS) is 54.9. The molecule has 19 atom stereocenters. The molecule has 2 aliphatic heterocycles. The van der Waals surface area contributed by atoms with E-state index in [1.165, 1.54) is 5.57 Å². The van der Waals surface area contributed by atoms with Crippen LogP contribution in [0.5, 0.6) is 0 Å². The zero-order valence-electron chi connectivity index (χ0n) is 33.2. The number of ether oxygens (including phenoxy) is 4. The number of fused-ring (bicyclic) bond motifs is 7. The second-order valence-electron chi connectivity index (χ2n) is 20.3. The van der Waals surface area contributed by atoms with Crippen molar-refractivity contribution in [2.75, 3.05) is 19.8 Å². The van der Waals surface area contributed by atoms with Gasteiger partial charge in [-0.2, -0.15) is 0 Å². The van der Waals surface area contributed by atoms with Crippen molar-refractivity contribution >= 4 is 5.97 Å². The van der Waals surface area contributed by atoms with Gasteiger partial charge < -0.3 is 64.9 Å². The van der Waals surface area contributed by atoms with E-state index in [2.05, 4.69) is 40.7 Å². The minimum Gasteiger partial charge on any atom is -0.432 e. The first kappa shape index (κ1) is 41.9. The summed E-state index contributed by atoms with van der Waals surface area (Å²) in [7, 11) is 0. The molecule has 314 valence electrons. The number of aliphatic hydroxyl groups excluding tert-OH is 9. The van der Waals surface area contributed by atoms with E-state index in [1.54, 1.807) is 0 Å². The quantitative estimate of drug-likeness (QED) is 0.135. The average molecular weight is 783 g/mol. The zero-order chi connectivity index (χ0) is 40.3. The fourth-order valence-electron chi connectivity index (χ4n) is 13.2. The maximum atomic E-state index is 14.7. The van der Waals surface area contributed by atoms with Crippen LogP contribution in [-0.4, -0.2) is 139 Å². The van der Waals surface area contributed by atoms with Gasteiger partial charge in [0.15, 0.2) is 6.29 Å². The van der Waals surface area contributed by atoms with Crippen LogP contribution in [0.25, 0.3) is 0 Å². The van der Waals surface area contributed by atoms with E-state index < -0.39 is 90.9 Å². The van der Waals surface area contributed by atoms with Gasteiger partial charge in [-0.3, -0.25) is 4.79 Å². The van der Waals surface area contributed by atoms with Gasteiger partial charge in [0, 0.05) is 5.41 Å². The van der Waals surface area contributed by atoms with Crippen LogP contribution >= 0.6 is 0 Å². The molecular formula is C41H66O14. The lowest BCUT2D eigenvalue weighted by molar-refractivity contribution is -0.317. The number of hydrogen-bond acceptors (Lipinski definition) is 14. The van der Waals surface area contributed by atoms with Gasteiger partial charge in [0.25, 0.3) is 0 Å². The van der Waals surface area contributed by atoms with E-state index in [1.807, 2.05) is 6.92 Å². The topological polar surface area (TPSA) is 236 Å². The molecule has 4 saturated carbocycles. The summed E-state index contributed by atoms with van der Waals surface area (Å²) < 4.78 is 22.8. The van der Waals surface area contributed by atoms with Crippen LogP contribution in [0.3, 0.4) is 0 Å². The predicted molar refractivity (Wildman–Crippen MR) is 194 cm³/mol. The van der Waals surface area contributed by atoms with Crippen molar-refractivity contribution in [1.29, 1.82) is 0 Å². The molecule has 14 heteroatoms. The molecule has 7 rings (SSSR count). The maximum Gasteiger partial charge on any atom is 0.315 e. The zero-order valence-corrected chi connectivity index (χ0v) is 33.2. The Balaban J connectivity index is 1.15. The molecule has 0 bridgehead atoms. The van der Waals surface area contributed by atoms with Gasteiger partial charge in [-0.15, -0.1) is 0 Å². The summed E-state index contributed by atoms with van der Waals surface area (Å²) in [5, 5.41) is 95.8. The lowest BCUT2D eigenvalue weighted by Crippen LogP contribution is -2.68. The highest BCUT2D eigenvalue weighted by Gasteiger charge is 2.71. The number of carbonyl (C=O) groups excluding carboxylic acids is 1. The molecule has 0 aromatic heterocycles. The molecule has 2 saturated heterocycles. The highest BCUT2D eigenvalue weighted by atomic mass is 16.7. The summed E-state index contributed by atoms with van der Waals surface area (Å²) in [6.45, 7) is 12.4. The Bertz CT molecular complexity index is 1490. The third-order valence-corrected chi connectivity index (χ3v) is 16.9. The van der Waals surface area contributed by atoms with Gasteiger partial charge >= 0.3 is 5.97 Å². The van der Waals surface area contributed by atoms with Crippen molar-refractivity contribution in [1.82, 2.24) is 0 Å². The molecule has 6 fully saturated rings. The first-order valence-electron chi connectivity index (χ1n) is 20.5. The van der Waals surface area contributed by atoms with Crippen LogP contribution in [0, 0.1) is 50.2 Å². The van der Waals surface area contributed by atoms with Crippen molar-refractivity contribution < 1.29 is 69.7 Å². The Labute approximate surface area is 323 Å². The molecule has 5 aliphatic carbocycles. The van der Waals surface area contributed by atoms with E-state index in [0.29, 0.717) is 25.7 Å². The lowest BCUT2D eigenvalue weighted by Gasteiger charge is -2.71. The summed E-state index contributed by atoms with van der Waals surface area (Å²) in [5.41, 5.74) is -1.40. The standard InChI is InChI=1S/C41H66O14/c1-36(2)11-13-41(35(51)55-34-31(49)29(47)28(46)24(54-34)18-53-33-30(48)27(45)23(44)17-52-33)14-12-39(5)20(21(41)15-36)7-8-26-37(3)16-22(43)32(50)38(4,19-42)25(37)9-10-40(26,39)6/h7,21-34,42-50H,8-19H2,1-6H3. The summed E-state index contributed by atoms with van der Waals surface area (Å²) in [6, 6.07) is 0. The van der Waals surface area contributed by atoms with Gasteiger partial charge in [-0.05, 0) is 97.2 Å². The summed E-state index contributed by atoms with van der Waals surface area (Å²) >= 11 is 0. The monoisotopic (exact) mass is 782 g/mol. The molecule has 19 unspecified atom stereocenters. The van der Waals surface area contributed by atoms with E-state index in [0.717, 1.165) is 32.1 Å². The molecule has 0 spiro atoms. The Morgan fingerprint density at radius 3 is 2.15 bits per heavy atom. The van der Waals surface area contributed by atoms with Crippen LogP contribution in [0.4, 0.5) is 0 Å². The molecule has 0 radical (unpaired) electrons. The Morgan fingerprint density at radius 2 is 1.45 bits per heavy atom. The van der Waals surface area contributed by atoms with Crippen LogP contribution < -0.4 is 0 Å². The van der Waals surface area contributed by atoms with Crippen LogP contribution in [0.2, 0.25) is 0 Å². The number of rotatable bonds is 6. The third kappa shape index (κ3) is 6.22. The number of hydrogen-bond donors (Lipinski definition) is 9. The van der Waals surface area contributed by atoms with Crippen molar-refractivity contribution in [2.45, 2.75) is 167 Å². The third-order valence-electron chi connectivity index (χ3n) is 16.9. The van der Waals surface area contributed by atoms with Gasteiger partial charge in [-0.1, -0.05) is 53.2 Å². The Morgan fingerprint density at radius 1 is 0.782 bits per heavy atom. The van der Waals surface area contributed by atoms with E-state index in [9.17, 15) is 50.8 Å². The summed E-state index contributed by atoms with van der Waals surface area (Å²) in [4.78, 5) is 14.7. The first-order chi connectivity index (χ1) is 25.6. The first-order valence-corrected chi connectivity index (χ1v) is 20.5. The second-order valence-corrected chi connectivity index (χ2v) is 20.3. The minimum atomic E-state index is -1.76.